The van der Waals surface area contributed by atoms with Crippen molar-refractivity contribution in [2.45, 2.75) is 12.8 Å². The number of halogens is 1. The van der Waals surface area contributed by atoms with Gasteiger partial charge in [-0.05, 0) is 30.5 Å². The van der Waals surface area contributed by atoms with Crippen molar-refractivity contribution in [1.29, 1.82) is 0 Å². The van der Waals surface area contributed by atoms with Crippen LogP contribution in [-0.4, -0.2) is 6.79 Å². The van der Waals surface area contributed by atoms with E-state index < -0.39 is 0 Å². The van der Waals surface area contributed by atoms with Crippen LogP contribution in [-0.2, 0) is 0 Å². The van der Waals surface area contributed by atoms with Crippen molar-refractivity contribution in [2.24, 2.45) is 0 Å². The Morgan fingerprint density at radius 3 is 2.57 bits per heavy atom. The minimum Gasteiger partial charge on any atom is -0.454 e. The topological polar surface area (TPSA) is 18.5 Å². The quantitative estimate of drug-likeness (QED) is 0.764. The molecule has 0 spiro atoms. The molecule has 1 aliphatic heterocycles. The Kier molecular flexibility index (Phi) is 1.80. The van der Waals surface area contributed by atoms with Crippen molar-refractivity contribution >= 4 is 22.0 Å². The van der Waals surface area contributed by atoms with Gasteiger partial charge in [-0.2, -0.15) is 0 Å². The molecule has 2 aliphatic rings. The molecule has 2 nitrogen and oxygen atoms in total. The second kappa shape index (κ2) is 3.02. The van der Waals surface area contributed by atoms with E-state index >= 15 is 0 Å². The van der Waals surface area contributed by atoms with E-state index in [4.69, 9.17) is 9.47 Å². The lowest BCUT2D eigenvalue weighted by Crippen LogP contribution is -1.92. The van der Waals surface area contributed by atoms with Gasteiger partial charge in [0.2, 0.25) is 6.79 Å². The molecule has 0 aromatic heterocycles. The van der Waals surface area contributed by atoms with Crippen LogP contribution in [0.4, 0.5) is 0 Å². The highest BCUT2D eigenvalue weighted by Gasteiger charge is 2.17. The standard InChI is InChI=1S/C11H9BrO2/c12-9-5-11-10(13-6-14-11)4-8(9)3-7-1-2-7/h3-5H,1-2,6H2. The monoisotopic (exact) mass is 252 g/mol. The summed E-state index contributed by atoms with van der Waals surface area (Å²) >= 11 is 3.53. The van der Waals surface area contributed by atoms with Crippen LogP contribution in [0.25, 0.3) is 6.08 Å². The third-order valence-corrected chi connectivity index (χ3v) is 3.08. The molecule has 0 atom stereocenters. The summed E-state index contributed by atoms with van der Waals surface area (Å²) in [6.45, 7) is 0.335. The lowest BCUT2D eigenvalue weighted by atomic mass is 10.2. The highest BCUT2D eigenvalue weighted by atomic mass is 79.9. The Morgan fingerprint density at radius 2 is 1.86 bits per heavy atom. The zero-order valence-electron chi connectivity index (χ0n) is 7.55. The first kappa shape index (κ1) is 8.36. The molecule has 72 valence electrons. The molecule has 1 heterocycles. The second-order valence-electron chi connectivity index (χ2n) is 3.53. The predicted octanol–water partition coefficient (Wildman–Crippen LogP) is 3.36. The fourth-order valence-corrected chi connectivity index (χ4v) is 1.92. The van der Waals surface area contributed by atoms with Gasteiger partial charge in [-0.3, -0.25) is 0 Å². The summed E-state index contributed by atoms with van der Waals surface area (Å²) in [5.74, 6) is 1.68. The number of fused-ring (bicyclic) bond motifs is 1. The predicted molar refractivity (Wildman–Crippen MR) is 57.5 cm³/mol. The first-order chi connectivity index (χ1) is 6.83. The zero-order chi connectivity index (χ0) is 9.54. The number of allylic oxidation sites excluding steroid dienone is 1. The molecule has 1 saturated carbocycles. The smallest absolute Gasteiger partial charge is 0.231 e. The van der Waals surface area contributed by atoms with E-state index in [1.54, 1.807) is 0 Å². The number of rotatable bonds is 1. The van der Waals surface area contributed by atoms with Crippen LogP contribution in [0.3, 0.4) is 0 Å². The fourth-order valence-electron chi connectivity index (χ4n) is 1.48. The number of hydrogen-bond donors (Lipinski definition) is 0. The van der Waals surface area contributed by atoms with E-state index in [1.165, 1.54) is 24.0 Å². The first-order valence-corrected chi connectivity index (χ1v) is 5.41. The normalized spacial score (nSPS) is 17.1. The third-order valence-electron chi connectivity index (χ3n) is 2.39. The summed E-state index contributed by atoms with van der Waals surface area (Å²) in [4.78, 5) is 0. The molecule has 1 fully saturated rings. The van der Waals surface area contributed by atoms with Gasteiger partial charge < -0.3 is 9.47 Å². The second-order valence-corrected chi connectivity index (χ2v) is 4.38. The van der Waals surface area contributed by atoms with E-state index in [0.717, 1.165) is 16.0 Å². The van der Waals surface area contributed by atoms with Crippen LogP contribution in [0, 0.1) is 0 Å². The van der Waals surface area contributed by atoms with Gasteiger partial charge in [0.25, 0.3) is 0 Å². The van der Waals surface area contributed by atoms with Crippen molar-refractivity contribution in [3.63, 3.8) is 0 Å². The lowest BCUT2D eigenvalue weighted by molar-refractivity contribution is 0.174. The van der Waals surface area contributed by atoms with Crippen LogP contribution in [0.2, 0.25) is 0 Å². The Balaban J connectivity index is 2.07. The van der Waals surface area contributed by atoms with Gasteiger partial charge in [-0.1, -0.05) is 27.6 Å². The van der Waals surface area contributed by atoms with Gasteiger partial charge in [-0.15, -0.1) is 0 Å². The molecule has 1 aromatic carbocycles. The number of benzene rings is 1. The van der Waals surface area contributed by atoms with Crippen molar-refractivity contribution in [3.8, 4) is 11.5 Å². The average molecular weight is 253 g/mol. The highest BCUT2D eigenvalue weighted by molar-refractivity contribution is 9.10. The minimum absolute atomic E-state index is 0.335. The average Bonchev–Trinajstić information content (AvgIpc) is 2.85. The van der Waals surface area contributed by atoms with Crippen LogP contribution in [0.5, 0.6) is 11.5 Å². The van der Waals surface area contributed by atoms with Gasteiger partial charge in [-0.25, -0.2) is 0 Å². The number of hydrogen-bond acceptors (Lipinski definition) is 2. The van der Waals surface area contributed by atoms with Crippen LogP contribution in [0.1, 0.15) is 18.4 Å². The molecule has 0 bridgehead atoms. The summed E-state index contributed by atoms with van der Waals surface area (Å²) in [6, 6.07) is 3.99. The maximum absolute atomic E-state index is 5.32. The van der Waals surface area contributed by atoms with Crippen molar-refractivity contribution in [2.75, 3.05) is 6.79 Å². The molecule has 0 saturated heterocycles. The third kappa shape index (κ3) is 1.42. The molecule has 0 radical (unpaired) electrons. The molecular formula is C11H9BrO2. The molecule has 0 unspecified atom stereocenters. The van der Waals surface area contributed by atoms with E-state index in [-0.39, 0.29) is 0 Å². The van der Waals surface area contributed by atoms with Gasteiger partial charge in [0.1, 0.15) is 0 Å². The summed E-state index contributed by atoms with van der Waals surface area (Å²) in [5.41, 5.74) is 2.69. The molecule has 3 rings (SSSR count). The van der Waals surface area contributed by atoms with Gasteiger partial charge in [0, 0.05) is 4.47 Å². The van der Waals surface area contributed by atoms with Crippen molar-refractivity contribution in [1.82, 2.24) is 0 Å². The molecule has 1 aliphatic carbocycles. The van der Waals surface area contributed by atoms with E-state index in [2.05, 4.69) is 22.0 Å². The summed E-state index contributed by atoms with van der Waals surface area (Å²) in [7, 11) is 0. The van der Waals surface area contributed by atoms with Gasteiger partial charge in [0.15, 0.2) is 11.5 Å². The molecular weight excluding hydrogens is 244 g/mol. The maximum Gasteiger partial charge on any atom is 0.231 e. The Morgan fingerprint density at radius 1 is 1.14 bits per heavy atom. The van der Waals surface area contributed by atoms with Gasteiger partial charge in [0.05, 0.1) is 0 Å². The molecule has 0 N–H and O–H groups in total. The lowest BCUT2D eigenvalue weighted by Gasteiger charge is -2.01. The van der Waals surface area contributed by atoms with E-state index in [9.17, 15) is 0 Å². The first-order valence-electron chi connectivity index (χ1n) is 4.61. The van der Waals surface area contributed by atoms with E-state index in [0.29, 0.717) is 6.79 Å². The SMILES string of the molecule is Brc1cc2c(cc1C=C1CC1)OCO2. The largest absolute Gasteiger partial charge is 0.454 e. The van der Waals surface area contributed by atoms with Crippen LogP contribution >= 0.6 is 15.9 Å². The number of ether oxygens (including phenoxy) is 2. The summed E-state index contributed by atoms with van der Waals surface area (Å²) in [5, 5.41) is 0. The molecule has 1 aromatic rings. The minimum atomic E-state index is 0.335. The fraction of sp³-hybridized carbons (Fsp3) is 0.273. The molecule has 14 heavy (non-hydrogen) atoms. The van der Waals surface area contributed by atoms with Gasteiger partial charge >= 0.3 is 0 Å². The van der Waals surface area contributed by atoms with Crippen LogP contribution in [0.15, 0.2) is 22.2 Å². The molecule has 3 heteroatoms. The Bertz CT molecular complexity index is 418. The summed E-state index contributed by atoms with van der Waals surface area (Å²) in [6.07, 6.45) is 4.69. The van der Waals surface area contributed by atoms with E-state index in [1.807, 2.05) is 12.1 Å². The highest BCUT2D eigenvalue weighted by Crippen LogP contribution is 2.39. The molecule has 0 amide bonds. The van der Waals surface area contributed by atoms with Crippen molar-refractivity contribution < 1.29 is 9.47 Å². The van der Waals surface area contributed by atoms with Crippen LogP contribution < -0.4 is 9.47 Å². The zero-order valence-corrected chi connectivity index (χ0v) is 9.13. The van der Waals surface area contributed by atoms with Crippen molar-refractivity contribution in [3.05, 3.63) is 27.7 Å². The Hall–Kier alpha value is -0.960. The maximum atomic E-state index is 5.32. The Labute approximate surface area is 90.6 Å². The summed E-state index contributed by atoms with van der Waals surface area (Å²) < 4.78 is 11.7.